The predicted octanol–water partition coefficient (Wildman–Crippen LogP) is 6.18. The second-order valence-electron chi connectivity index (χ2n) is 11.7. The van der Waals surface area contributed by atoms with E-state index in [1.54, 1.807) is 20.7 Å². The summed E-state index contributed by atoms with van der Waals surface area (Å²) in [5.74, 6) is 2.09. The Morgan fingerprint density at radius 3 is 2.07 bits per heavy atom. The van der Waals surface area contributed by atoms with Gasteiger partial charge in [-0.1, -0.05) is 37.3 Å². The van der Waals surface area contributed by atoms with Gasteiger partial charge in [-0.2, -0.15) is 8.61 Å². The van der Waals surface area contributed by atoms with Crippen LogP contribution in [0.25, 0.3) is 0 Å². The first-order valence-electron chi connectivity index (χ1n) is 15.1. The van der Waals surface area contributed by atoms with Crippen LogP contribution in [0.5, 0.6) is 0 Å². The van der Waals surface area contributed by atoms with Gasteiger partial charge in [0.2, 0.25) is 10.0 Å². The van der Waals surface area contributed by atoms with Crippen LogP contribution >= 0.6 is 54.8 Å². The number of hydrogen-bond donors (Lipinski definition) is 1. The number of sulfonamides is 2. The van der Waals surface area contributed by atoms with Gasteiger partial charge in [0.25, 0.3) is 10.0 Å². The molecule has 0 amide bonds. The van der Waals surface area contributed by atoms with Gasteiger partial charge in [-0.25, -0.2) is 21.8 Å². The maximum atomic E-state index is 13.2. The molecule has 0 aliphatic carbocycles. The van der Waals surface area contributed by atoms with E-state index >= 15 is 0 Å². The SMILES string of the molecule is O=S(=O)(c1cnc(N2CCC(CCCCC3CCN(S(=O)(=O)c4cc(Br)c(Cl)s4)CC3)CC2)c(Br)c1)N1CCCNCC1. The maximum Gasteiger partial charge on any atom is 0.252 e. The molecule has 15 heteroatoms. The number of hydrogen-bond acceptors (Lipinski definition) is 8. The molecule has 0 radical (unpaired) electrons. The highest BCUT2D eigenvalue weighted by atomic mass is 79.9. The van der Waals surface area contributed by atoms with Gasteiger partial charge in [0, 0.05) is 56.5 Å². The van der Waals surface area contributed by atoms with Crippen LogP contribution in [0.3, 0.4) is 0 Å². The lowest BCUT2D eigenvalue weighted by Crippen LogP contribution is -2.38. The third-order valence-electron chi connectivity index (χ3n) is 8.91. The largest absolute Gasteiger partial charge is 0.356 e. The zero-order chi connectivity index (χ0) is 30.6. The zero-order valence-electron chi connectivity index (χ0n) is 24.2. The number of halogens is 3. The molecule has 9 nitrogen and oxygen atoms in total. The first-order chi connectivity index (χ1) is 20.6. The van der Waals surface area contributed by atoms with Crippen molar-refractivity contribution in [3.63, 3.8) is 0 Å². The Morgan fingerprint density at radius 1 is 0.837 bits per heavy atom. The van der Waals surface area contributed by atoms with E-state index < -0.39 is 20.0 Å². The molecule has 2 aromatic rings. The Bertz CT molecular complexity index is 1430. The van der Waals surface area contributed by atoms with Crippen LogP contribution in [0.2, 0.25) is 4.34 Å². The smallest absolute Gasteiger partial charge is 0.252 e. The van der Waals surface area contributed by atoms with E-state index in [2.05, 4.69) is 47.1 Å². The van der Waals surface area contributed by atoms with Gasteiger partial charge in [0.1, 0.15) is 19.3 Å². The minimum atomic E-state index is -3.56. The Labute approximate surface area is 282 Å². The molecule has 1 N–H and O–H groups in total. The van der Waals surface area contributed by atoms with Gasteiger partial charge >= 0.3 is 0 Å². The van der Waals surface area contributed by atoms with Gasteiger partial charge in [-0.05, 0) is 94.5 Å². The first-order valence-corrected chi connectivity index (χ1v) is 20.8. The summed E-state index contributed by atoms with van der Waals surface area (Å²) in [4.78, 5) is 7.10. The summed E-state index contributed by atoms with van der Waals surface area (Å²) in [6, 6.07) is 3.31. The third-order valence-corrected chi connectivity index (χ3v) is 16.2. The topological polar surface area (TPSA) is 103 Å². The number of pyridine rings is 1. The monoisotopic (exact) mass is 799 g/mol. The van der Waals surface area contributed by atoms with E-state index in [0.717, 1.165) is 79.8 Å². The molecule has 3 fully saturated rings. The fourth-order valence-electron chi connectivity index (χ4n) is 6.32. The molecule has 3 aliphatic rings. The minimum absolute atomic E-state index is 0.243. The van der Waals surface area contributed by atoms with Crippen LogP contribution in [-0.4, -0.2) is 82.8 Å². The second kappa shape index (κ2) is 15.1. The average Bonchev–Trinajstić information content (AvgIpc) is 3.17. The molecule has 3 aliphatic heterocycles. The molecule has 43 heavy (non-hydrogen) atoms. The number of thiophene rings is 1. The number of anilines is 1. The van der Waals surface area contributed by atoms with Crippen molar-refractivity contribution in [3.8, 4) is 0 Å². The number of unbranched alkanes of at least 4 members (excludes halogenated alkanes) is 1. The predicted molar refractivity (Wildman–Crippen MR) is 180 cm³/mol. The Balaban J connectivity index is 1.02. The minimum Gasteiger partial charge on any atom is -0.356 e. The normalized spacial score (nSPS) is 20.9. The molecule has 0 unspecified atom stereocenters. The van der Waals surface area contributed by atoms with Gasteiger partial charge < -0.3 is 10.2 Å². The van der Waals surface area contributed by atoms with Crippen LogP contribution in [0, 0.1) is 11.8 Å². The molecule has 0 spiro atoms. The van der Waals surface area contributed by atoms with Gasteiger partial charge in [0.05, 0.1) is 4.47 Å². The lowest BCUT2D eigenvalue weighted by molar-refractivity contribution is 0.256. The Kier molecular flexibility index (Phi) is 11.9. The van der Waals surface area contributed by atoms with Gasteiger partial charge in [-0.3, -0.25) is 0 Å². The summed E-state index contributed by atoms with van der Waals surface area (Å²) < 4.78 is 57.6. The molecule has 0 bridgehead atoms. The molecule has 0 saturated carbocycles. The standard InChI is InChI=1S/C28H40Br2ClN5O4S3/c29-24-19-26(41-27(24)31)43(39,40)36-15-8-22(9-16-36)5-2-1-4-21-6-13-34(14-7-21)28-25(30)18-23(20-33-28)42(37,38)35-12-3-10-32-11-17-35/h18-22,32H,1-17H2. The van der Waals surface area contributed by atoms with E-state index in [4.69, 9.17) is 11.6 Å². The van der Waals surface area contributed by atoms with Crippen LogP contribution < -0.4 is 10.2 Å². The van der Waals surface area contributed by atoms with Crippen molar-refractivity contribution in [3.05, 3.63) is 31.6 Å². The van der Waals surface area contributed by atoms with E-state index in [1.807, 2.05) is 0 Å². The molecule has 0 aromatic carbocycles. The average molecular weight is 802 g/mol. The summed E-state index contributed by atoms with van der Waals surface area (Å²) in [5.41, 5.74) is 0. The van der Waals surface area contributed by atoms with E-state index in [-0.39, 0.29) is 4.90 Å². The lowest BCUT2D eigenvalue weighted by Gasteiger charge is -2.34. The number of aromatic nitrogens is 1. The quantitative estimate of drug-likeness (QED) is 0.287. The van der Waals surface area contributed by atoms with Gasteiger partial charge in [0.15, 0.2) is 0 Å². The Morgan fingerprint density at radius 2 is 1.47 bits per heavy atom. The summed E-state index contributed by atoms with van der Waals surface area (Å²) in [7, 11) is -7.03. The van der Waals surface area contributed by atoms with Crippen molar-refractivity contribution in [1.29, 1.82) is 0 Å². The van der Waals surface area contributed by atoms with E-state index in [9.17, 15) is 16.8 Å². The number of nitrogens with zero attached hydrogens (tertiary/aromatic N) is 4. The first kappa shape index (κ1) is 34.0. The lowest BCUT2D eigenvalue weighted by atomic mass is 9.88. The van der Waals surface area contributed by atoms with E-state index in [0.29, 0.717) is 57.6 Å². The summed E-state index contributed by atoms with van der Waals surface area (Å²) in [5, 5.41) is 3.25. The summed E-state index contributed by atoms with van der Waals surface area (Å²) in [6.45, 7) is 5.48. The number of piperidine rings is 2. The highest BCUT2D eigenvalue weighted by Gasteiger charge is 2.31. The molecular formula is C28H40Br2ClN5O4S3. The van der Waals surface area contributed by atoms with Crippen LogP contribution in [-0.2, 0) is 20.0 Å². The number of rotatable bonds is 10. The van der Waals surface area contributed by atoms with Crippen molar-refractivity contribution >= 4 is 80.7 Å². The fourth-order valence-corrected chi connectivity index (χ4v) is 12.4. The van der Waals surface area contributed by atoms with Crippen molar-refractivity contribution in [2.45, 2.75) is 66.9 Å². The highest BCUT2D eigenvalue weighted by Crippen LogP contribution is 2.37. The van der Waals surface area contributed by atoms with E-state index in [1.165, 1.54) is 25.5 Å². The van der Waals surface area contributed by atoms with Crippen molar-refractivity contribution in [2.75, 3.05) is 57.3 Å². The fraction of sp³-hybridized carbons (Fsp3) is 0.679. The van der Waals surface area contributed by atoms with Crippen LogP contribution in [0.1, 0.15) is 57.8 Å². The maximum absolute atomic E-state index is 13.2. The van der Waals surface area contributed by atoms with Gasteiger partial charge in [-0.15, -0.1) is 11.3 Å². The second-order valence-corrected chi connectivity index (χ2v) is 19.2. The molecule has 5 rings (SSSR count). The number of nitrogens with one attached hydrogen (secondary N) is 1. The Hall–Kier alpha value is -0.320. The van der Waals surface area contributed by atoms with Crippen LogP contribution in [0.4, 0.5) is 5.82 Å². The van der Waals surface area contributed by atoms with Crippen LogP contribution in [0.15, 0.2) is 36.4 Å². The third kappa shape index (κ3) is 8.34. The highest BCUT2D eigenvalue weighted by molar-refractivity contribution is 9.11. The molecule has 240 valence electrons. The molecule has 3 saturated heterocycles. The van der Waals surface area contributed by atoms with Crippen molar-refractivity contribution < 1.29 is 16.8 Å². The van der Waals surface area contributed by atoms with Crippen molar-refractivity contribution in [1.82, 2.24) is 18.9 Å². The molecule has 2 aromatic heterocycles. The summed E-state index contributed by atoms with van der Waals surface area (Å²) >= 11 is 14.1. The molecule has 0 atom stereocenters. The molecular weight excluding hydrogens is 762 g/mol. The summed E-state index contributed by atoms with van der Waals surface area (Å²) in [6.07, 6.45) is 11.1. The molecule has 5 heterocycles. The van der Waals surface area contributed by atoms with Crippen molar-refractivity contribution in [2.24, 2.45) is 11.8 Å². The zero-order valence-corrected chi connectivity index (χ0v) is 30.6.